The molecule has 1 rings (SSSR count). The number of carbonyl (C=O) groups is 1. The molecule has 0 atom stereocenters. The average molecular weight is 300 g/mol. The summed E-state index contributed by atoms with van der Waals surface area (Å²) in [5.74, 6) is -0.0109. The SMILES string of the molecule is COCCCC(=O)NCCc1ccc(S(N)(=O)=O)cc1. The van der Waals surface area contributed by atoms with Crippen LogP contribution in [0.15, 0.2) is 29.2 Å². The number of hydrogen-bond donors (Lipinski definition) is 2. The summed E-state index contributed by atoms with van der Waals surface area (Å²) in [6.07, 6.45) is 1.78. The van der Waals surface area contributed by atoms with Crippen LogP contribution >= 0.6 is 0 Å². The fourth-order valence-electron chi connectivity index (χ4n) is 1.66. The first-order chi connectivity index (χ1) is 9.43. The van der Waals surface area contributed by atoms with Crippen LogP contribution in [0.3, 0.4) is 0 Å². The van der Waals surface area contributed by atoms with Crippen molar-refractivity contribution < 1.29 is 17.9 Å². The van der Waals surface area contributed by atoms with Crippen LogP contribution in [-0.2, 0) is 26.0 Å². The standard InChI is InChI=1S/C13H20N2O4S/c1-19-10-2-3-13(16)15-9-8-11-4-6-12(7-5-11)20(14,17)18/h4-7H,2-3,8-10H2,1H3,(H,15,16)(H2,14,17,18). The highest BCUT2D eigenvalue weighted by Gasteiger charge is 2.06. The van der Waals surface area contributed by atoms with Gasteiger partial charge in [0.05, 0.1) is 4.90 Å². The minimum Gasteiger partial charge on any atom is -0.385 e. The predicted molar refractivity (Wildman–Crippen MR) is 75.6 cm³/mol. The molecule has 0 fully saturated rings. The van der Waals surface area contributed by atoms with Crippen LogP contribution in [0, 0.1) is 0 Å². The first-order valence-electron chi connectivity index (χ1n) is 6.31. The summed E-state index contributed by atoms with van der Waals surface area (Å²) in [4.78, 5) is 11.5. The molecular formula is C13H20N2O4S. The van der Waals surface area contributed by atoms with E-state index < -0.39 is 10.0 Å². The van der Waals surface area contributed by atoms with E-state index >= 15 is 0 Å². The van der Waals surface area contributed by atoms with Crippen LogP contribution in [0.1, 0.15) is 18.4 Å². The van der Waals surface area contributed by atoms with E-state index in [-0.39, 0.29) is 10.8 Å². The second kappa shape index (κ2) is 7.98. The summed E-state index contributed by atoms with van der Waals surface area (Å²) < 4.78 is 27.0. The zero-order valence-corrected chi connectivity index (χ0v) is 12.3. The number of ether oxygens (including phenoxy) is 1. The van der Waals surface area contributed by atoms with E-state index in [9.17, 15) is 13.2 Å². The second-order valence-corrected chi connectivity index (χ2v) is 5.95. The van der Waals surface area contributed by atoms with Gasteiger partial charge in [-0.15, -0.1) is 0 Å². The number of rotatable bonds is 8. The van der Waals surface area contributed by atoms with Gasteiger partial charge in [0.2, 0.25) is 15.9 Å². The third kappa shape index (κ3) is 6.14. The Hall–Kier alpha value is -1.44. The first kappa shape index (κ1) is 16.6. The lowest BCUT2D eigenvalue weighted by Crippen LogP contribution is -2.25. The van der Waals surface area contributed by atoms with Gasteiger partial charge in [0.1, 0.15) is 0 Å². The molecule has 0 aliphatic heterocycles. The third-order valence-electron chi connectivity index (χ3n) is 2.74. The Kier molecular flexibility index (Phi) is 6.63. The molecule has 1 aromatic rings. The fourth-order valence-corrected chi connectivity index (χ4v) is 2.17. The Morgan fingerprint density at radius 2 is 1.95 bits per heavy atom. The van der Waals surface area contributed by atoms with Crippen molar-refractivity contribution >= 4 is 15.9 Å². The molecular weight excluding hydrogens is 280 g/mol. The van der Waals surface area contributed by atoms with Crippen molar-refractivity contribution in [3.63, 3.8) is 0 Å². The van der Waals surface area contributed by atoms with Gasteiger partial charge in [-0.3, -0.25) is 4.79 Å². The lowest BCUT2D eigenvalue weighted by molar-refractivity contribution is -0.121. The van der Waals surface area contributed by atoms with Crippen molar-refractivity contribution in [2.24, 2.45) is 5.14 Å². The maximum atomic E-state index is 11.4. The Morgan fingerprint density at radius 3 is 2.50 bits per heavy atom. The number of sulfonamides is 1. The van der Waals surface area contributed by atoms with Gasteiger partial charge in [0, 0.05) is 26.7 Å². The van der Waals surface area contributed by atoms with Crippen LogP contribution in [0.4, 0.5) is 0 Å². The van der Waals surface area contributed by atoms with Gasteiger partial charge in [0.15, 0.2) is 0 Å². The highest BCUT2D eigenvalue weighted by atomic mass is 32.2. The van der Waals surface area contributed by atoms with Gasteiger partial charge < -0.3 is 10.1 Å². The van der Waals surface area contributed by atoms with Gasteiger partial charge in [-0.2, -0.15) is 0 Å². The molecule has 1 amide bonds. The minimum atomic E-state index is -3.65. The normalized spacial score (nSPS) is 11.3. The largest absolute Gasteiger partial charge is 0.385 e. The van der Waals surface area contributed by atoms with Crippen LogP contribution < -0.4 is 10.5 Å². The molecule has 0 radical (unpaired) electrons. The molecule has 0 saturated carbocycles. The van der Waals surface area contributed by atoms with E-state index in [1.807, 2.05) is 0 Å². The molecule has 0 aliphatic rings. The van der Waals surface area contributed by atoms with Gasteiger partial charge in [-0.1, -0.05) is 12.1 Å². The molecule has 112 valence electrons. The van der Waals surface area contributed by atoms with Crippen molar-refractivity contribution in [3.05, 3.63) is 29.8 Å². The van der Waals surface area contributed by atoms with Crippen molar-refractivity contribution in [2.75, 3.05) is 20.3 Å². The van der Waals surface area contributed by atoms with Crippen LogP contribution in [0.25, 0.3) is 0 Å². The van der Waals surface area contributed by atoms with Crippen molar-refractivity contribution in [1.29, 1.82) is 0 Å². The molecule has 6 nitrogen and oxygen atoms in total. The lowest BCUT2D eigenvalue weighted by Gasteiger charge is -2.06. The number of hydrogen-bond acceptors (Lipinski definition) is 4. The Bertz CT molecular complexity index is 526. The number of nitrogens with two attached hydrogens (primary N) is 1. The highest BCUT2D eigenvalue weighted by molar-refractivity contribution is 7.89. The summed E-state index contributed by atoms with van der Waals surface area (Å²) in [6, 6.07) is 6.31. The van der Waals surface area contributed by atoms with E-state index in [4.69, 9.17) is 9.88 Å². The van der Waals surface area contributed by atoms with Gasteiger partial charge in [-0.05, 0) is 30.5 Å². The molecule has 3 N–H and O–H groups in total. The minimum absolute atomic E-state index is 0.0109. The van der Waals surface area contributed by atoms with E-state index in [1.165, 1.54) is 12.1 Å². The Balaban J connectivity index is 2.34. The third-order valence-corrected chi connectivity index (χ3v) is 3.67. The quantitative estimate of drug-likeness (QED) is 0.680. The Labute approximate surface area is 119 Å². The number of carbonyl (C=O) groups excluding carboxylic acids is 1. The van der Waals surface area contributed by atoms with Gasteiger partial charge >= 0.3 is 0 Å². The molecule has 0 aromatic heterocycles. The molecule has 1 aromatic carbocycles. The van der Waals surface area contributed by atoms with E-state index in [0.29, 0.717) is 32.4 Å². The molecule has 7 heteroatoms. The molecule has 0 bridgehead atoms. The van der Waals surface area contributed by atoms with Crippen LogP contribution in [0.2, 0.25) is 0 Å². The Morgan fingerprint density at radius 1 is 1.30 bits per heavy atom. The lowest BCUT2D eigenvalue weighted by atomic mass is 10.1. The molecule has 0 heterocycles. The number of methoxy groups -OCH3 is 1. The van der Waals surface area contributed by atoms with E-state index in [0.717, 1.165) is 5.56 Å². The van der Waals surface area contributed by atoms with Crippen LogP contribution in [0.5, 0.6) is 0 Å². The second-order valence-electron chi connectivity index (χ2n) is 4.39. The van der Waals surface area contributed by atoms with Crippen LogP contribution in [-0.4, -0.2) is 34.6 Å². The number of nitrogens with one attached hydrogen (secondary N) is 1. The first-order valence-corrected chi connectivity index (χ1v) is 7.85. The van der Waals surface area contributed by atoms with Gasteiger partial charge in [0.25, 0.3) is 0 Å². The fraction of sp³-hybridized carbons (Fsp3) is 0.462. The molecule has 0 unspecified atom stereocenters. The zero-order chi connectivity index (χ0) is 15.0. The van der Waals surface area contributed by atoms with E-state index in [2.05, 4.69) is 5.32 Å². The van der Waals surface area contributed by atoms with Crippen molar-refractivity contribution in [3.8, 4) is 0 Å². The summed E-state index contributed by atoms with van der Waals surface area (Å²) >= 11 is 0. The maximum Gasteiger partial charge on any atom is 0.238 e. The molecule has 0 spiro atoms. The predicted octanol–water partition coefficient (Wildman–Crippen LogP) is 0.419. The average Bonchev–Trinajstić information content (AvgIpc) is 2.38. The molecule has 0 aliphatic carbocycles. The smallest absolute Gasteiger partial charge is 0.238 e. The van der Waals surface area contributed by atoms with Gasteiger partial charge in [-0.25, -0.2) is 13.6 Å². The summed E-state index contributed by atoms with van der Waals surface area (Å²) in [7, 11) is -2.05. The molecule has 20 heavy (non-hydrogen) atoms. The van der Waals surface area contributed by atoms with Crippen molar-refractivity contribution in [1.82, 2.24) is 5.32 Å². The van der Waals surface area contributed by atoms with E-state index in [1.54, 1.807) is 19.2 Å². The highest BCUT2D eigenvalue weighted by Crippen LogP contribution is 2.08. The number of primary sulfonamides is 1. The topological polar surface area (TPSA) is 98.5 Å². The monoisotopic (exact) mass is 300 g/mol. The summed E-state index contributed by atoms with van der Waals surface area (Å²) in [5, 5.41) is 7.81. The number of amides is 1. The zero-order valence-electron chi connectivity index (χ0n) is 11.5. The van der Waals surface area contributed by atoms with Crippen molar-refractivity contribution in [2.45, 2.75) is 24.2 Å². The summed E-state index contributed by atoms with van der Waals surface area (Å²) in [6.45, 7) is 1.09. The maximum absolute atomic E-state index is 11.4. The molecule has 0 saturated heterocycles. The number of benzene rings is 1. The summed E-state index contributed by atoms with van der Waals surface area (Å²) in [5.41, 5.74) is 0.939.